The summed E-state index contributed by atoms with van der Waals surface area (Å²) in [6, 6.07) is 4.27. The van der Waals surface area contributed by atoms with Crippen LogP contribution in [0.3, 0.4) is 0 Å². The smallest absolute Gasteiger partial charge is 0.306 e. The Morgan fingerprint density at radius 2 is 2.12 bits per heavy atom. The lowest BCUT2D eigenvalue weighted by atomic mass is 10.2. The van der Waals surface area contributed by atoms with Crippen molar-refractivity contribution >= 4 is 16.0 Å². The van der Waals surface area contributed by atoms with Gasteiger partial charge in [-0.25, -0.2) is 13.6 Å². The van der Waals surface area contributed by atoms with Gasteiger partial charge < -0.3 is 9.84 Å². The van der Waals surface area contributed by atoms with Gasteiger partial charge in [0.05, 0.1) is 17.9 Å². The maximum Gasteiger partial charge on any atom is 0.306 e. The fraction of sp³-hybridized carbons (Fsp3) is 0.300. The summed E-state index contributed by atoms with van der Waals surface area (Å²) in [4.78, 5) is 10.3. The average Bonchev–Trinajstić information content (AvgIpc) is 2.14. The van der Waals surface area contributed by atoms with E-state index >= 15 is 0 Å². The van der Waals surface area contributed by atoms with Gasteiger partial charge in [-0.3, -0.25) is 4.79 Å². The molecule has 0 aliphatic heterocycles. The molecule has 0 spiro atoms. The number of aryl methyl sites for hydroxylation is 1. The SMILES string of the molecule is Cc1cc(OCCC(=O)O)ccc1S(N)(=O)=O. The maximum atomic E-state index is 11.1. The standard InChI is InChI=1S/C10H13NO5S/c1-7-6-8(16-5-4-10(12)13)2-3-9(7)17(11,14)15/h2-3,6H,4-5H2,1H3,(H,12,13)(H2,11,14,15). The van der Waals surface area contributed by atoms with E-state index in [2.05, 4.69) is 0 Å². The van der Waals surface area contributed by atoms with E-state index < -0.39 is 16.0 Å². The Bertz CT molecular complexity index is 523. The van der Waals surface area contributed by atoms with Crippen LogP contribution in [0.15, 0.2) is 23.1 Å². The van der Waals surface area contributed by atoms with Crippen LogP contribution in [0.25, 0.3) is 0 Å². The van der Waals surface area contributed by atoms with Crippen molar-refractivity contribution < 1.29 is 23.1 Å². The molecule has 0 atom stereocenters. The van der Waals surface area contributed by atoms with Crippen molar-refractivity contribution in [1.82, 2.24) is 0 Å². The van der Waals surface area contributed by atoms with Gasteiger partial charge in [-0.05, 0) is 30.7 Å². The topological polar surface area (TPSA) is 107 Å². The number of hydrogen-bond acceptors (Lipinski definition) is 4. The van der Waals surface area contributed by atoms with Gasteiger partial charge in [0, 0.05) is 0 Å². The lowest BCUT2D eigenvalue weighted by Gasteiger charge is -2.08. The van der Waals surface area contributed by atoms with Crippen molar-refractivity contribution in [3.63, 3.8) is 0 Å². The molecular formula is C10H13NO5S. The van der Waals surface area contributed by atoms with Crippen molar-refractivity contribution in [1.29, 1.82) is 0 Å². The highest BCUT2D eigenvalue weighted by Gasteiger charge is 2.11. The van der Waals surface area contributed by atoms with E-state index in [1.807, 2.05) is 0 Å². The summed E-state index contributed by atoms with van der Waals surface area (Å²) in [5.74, 6) is -0.543. The highest BCUT2D eigenvalue weighted by molar-refractivity contribution is 7.89. The Morgan fingerprint density at radius 3 is 2.59 bits per heavy atom. The minimum atomic E-state index is -3.73. The number of rotatable bonds is 5. The monoisotopic (exact) mass is 259 g/mol. The zero-order valence-corrected chi connectivity index (χ0v) is 10.0. The van der Waals surface area contributed by atoms with Crippen molar-refractivity contribution in [3.05, 3.63) is 23.8 Å². The number of ether oxygens (including phenoxy) is 1. The van der Waals surface area contributed by atoms with Gasteiger partial charge in [0.2, 0.25) is 10.0 Å². The minimum absolute atomic E-state index is 0.0306. The van der Waals surface area contributed by atoms with Gasteiger partial charge >= 0.3 is 5.97 Å². The van der Waals surface area contributed by atoms with Crippen LogP contribution in [0.1, 0.15) is 12.0 Å². The Morgan fingerprint density at radius 1 is 1.47 bits per heavy atom. The van der Waals surface area contributed by atoms with Crippen LogP contribution in [0.5, 0.6) is 5.75 Å². The molecule has 0 aromatic heterocycles. The third kappa shape index (κ3) is 4.04. The third-order valence-electron chi connectivity index (χ3n) is 2.04. The fourth-order valence-electron chi connectivity index (χ4n) is 1.29. The summed E-state index contributed by atoms with van der Waals surface area (Å²) >= 11 is 0. The molecule has 3 N–H and O–H groups in total. The fourth-order valence-corrected chi connectivity index (χ4v) is 2.05. The van der Waals surface area contributed by atoms with Gasteiger partial charge in [-0.15, -0.1) is 0 Å². The summed E-state index contributed by atoms with van der Waals surface area (Å²) in [6.07, 6.45) is -0.115. The van der Waals surface area contributed by atoms with Gasteiger partial charge in [0.15, 0.2) is 0 Å². The lowest BCUT2D eigenvalue weighted by Crippen LogP contribution is -2.13. The van der Waals surface area contributed by atoms with Crippen LogP contribution < -0.4 is 9.88 Å². The quantitative estimate of drug-likeness (QED) is 0.800. The second-order valence-corrected chi connectivity index (χ2v) is 4.99. The lowest BCUT2D eigenvalue weighted by molar-refractivity contribution is -0.137. The van der Waals surface area contributed by atoms with Crippen LogP contribution in [0.2, 0.25) is 0 Å². The highest BCUT2D eigenvalue weighted by atomic mass is 32.2. The van der Waals surface area contributed by atoms with Crippen LogP contribution in [0.4, 0.5) is 0 Å². The Hall–Kier alpha value is -1.60. The molecule has 17 heavy (non-hydrogen) atoms. The molecule has 0 heterocycles. The molecule has 1 rings (SSSR count). The van der Waals surface area contributed by atoms with Crippen molar-refractivity contribution in [2.24, 2.45) is 5.14 Å². The first-order chi connectivity index (χ1) is 7.80. The molecular weight excluding hydrogens is 246 g/mol. The molecule has 0 unspecified atom stereocenters. The predicted octanol–water partition coefficient (Wildman–Crippen LogP) is 0.496. The number of carboxylic acids is 1. The maximum absolute atomic E-state index is 11.1. The van der Waals surface area contributed by atoms with E-state index in [4.69, 9.17) is 15.0 Å². The number of sulfonamides is 1. The van der Waals surface area contributed by atoms with Gasteiger partial charge in [-0.2, -0.15) is 0 Å². The first kappa shape index (κ1) is 13.5. The molecule has 1 aromatic carbocycles. The van der Waals surface area contributed by atoms with E-state index in [0.29, 0.717) is 11.3 Å². The normalized spacial score (nSPS) is 11.2. The molecule has 1 aromatic rings. The Balaban J connectivity index is 2.79. The molecule has 0 saturated heterocycles. The predicted molar refractivity (Wildman–Crippen MR) is 60.3 cm³/mol. The average molecular weight is 259 g/mol. The summed E-state index contributed by atoms with van der Waals surface area (Å²) in [5, 5.41) is 13.4. The second-order valence-electron chi connectivity index (χ2n) is 3.46. The highest BCUT2D eigenvalue weighted by Crippen LogP contribution is 2.20. The molecule has 94 valence electrons. The molecule has 6 nitrogen and oxygen atoms in total. The van der Waals surface area contributed by atoms with Crippen LogP contribution in [-0.2, 0) is 14.8 Å². The number of hydrogen-bond donors (Lipinski definition) is 2. The van der Waals surface area contributed by atoms with Gasteiger partial charge in [-0.1, -0.05) is 0 Å². The van der Waals surface area contributed by atoms with E-state index in [9.17, 15) is 13.2 Å². The summed E-state index contributed by atoms with van der Waals surface area (Å²) in [6.45, 7) is 1.62. The number of carboxylic acid groups (broad SMARTS) is 1. The van der Waals surface area contributed by atoms with E-state index in [-0.39, 0.29) is 17.9 Å². The molecule has 0 aliphatic rings. The van der Waals surface area contributed by atoms with Crippen LogP contribution in [0, 0.1) is 6.92 Å². The first-order valence-corrected chi connectivity index (χ1v) is 6.33. The molecule has 0 fully saturated rings. The van der Waals surface area contributed by atoms with Crippen molar-refractivity contribution in [3.8, 4) is 5.75 Å². The Labute approximate surface area is 99.1 Å². The zero-order chi connectivity index (χ0) is 13.1. The van der Waals surface area contributed by atoms with E-state index in [1.165, 1.54) is 18.2 Å². The first-order valence-electron chi connectivity index (χ1n) is 4.79. The number of aliphatic carboxylic acids is 1. The number of benzene rings is 1. The molecule has 0 amide bonds. The molecule has 0 aliphatic carbocycles. The summed E-state index contributed by atoms with van der Waals surface area (Å²) < 4.78 is 27.4. The molecule has 0 bridgehead atoms. The summed E-state index contributed by atoms with van der Waals surface area (Å²) in [7, 11) is -3.73. The molecule has 7 heteroatoms. The van der Waals surface area contributed by atoms with Crippen LogP contribution >= 0.6 is 0 Å². The molecule has 0 saturated carbocycles. The number of nitrogens with two attached hydrogens (primary N) is 1. The van der Waals surface area contributed by atoms with Crippen molar-refractivity contribution in [2.45, 2.75) is 18.2 Å². The number of primary sulfonamides is 1. The Kier molecular flexibility index (Phi) is 4.08. The van der Waals surface area contributed by atoms with Crippen molar-refractivity contribution in [2.75, 3.05) is 6.61 Å². The van der Waals surface area contributed by atoms with Gasteiger partial charge in [0.1, 0.15) is 5.75 Å². The van der Waals surface area contributed by atoms with E-state index in [0.717, 1.165) is 0 Å². The largest absolute Gasteiger partial charge is 0.493 e. The molecule has 0 radical (unpaired) electrons. The summed E-state index contributed by atoms with van der Waals surface area (Å²) in [5.41, 5.74) is 0.459. The number of carbonyl (C=O) groups is 1. The minimum Gasteiger partial charge on any atom is -0.493 e. The second kappa shape index (κ2) is 5.15. The zero-order valence-electron chi connectivity index (χ0n) is 9.21. The van der Waals surface area contributed by atoms with Gasteiger partial charge in [0.25, 0.3) is 0 Å². The van der Waals surface area contributed by atoms with E-state index in [1.54, 1.807) is 6.92 Å². The third-order valence-corrected chi connectivity index (χ3v) is 3.11. The van der Waals surface area contributed by atoms with Crippen LogP contribution in [-0.4, -0.2) is 26.1 Å².